The van der Waals surface area contributed by atoms with Crippen LogP contribution < -0.4 is 10.5 Å². The lowest BCUT2D eigenvalue weighted by atomic mass is 9.82. The second kappa shape index (κ2) is 8.42. The number of nitrogens with two attached hydrogens (primary N) is 1. The van der Waals surface area contributed by atoms with E-state index in [1.54, 1.807) is 29.2 Å². The van der Waals surface area contributed by atoms with Crippen LogP contribution in [0.15, 0.2) is 36.4 Å². The van der Waals surface area contributed by atoms with E-state index in [9.17, 15) is 15.0 Å². The molecule has 1 heterocycles. The third kappa shape index (κ3) is 4.61. The van der Waals surface area contributed by atoms with Crippen molar-refractivity contribution in [1.29, 1.82) is 5.41 Å². The van der Waals surface area contributed by atoms with Gasteiger partial charge in [-0.25, -0.2) is 4.79 Å². The molecule has 0 amide bonds. The Bertz CT molecular complexity index is 913. The molecule has 1 fully saturated rings. The molecule has 0 saturated carbocycles. The lowest BCUT2D eigenvalue weighted by Gasteiger charge is -2.40. The molecule has 152 valence electrons. The molecule has 0 bridgehead atoms. The first-order valence-electron chi connectivity index (χ1n) is 9.06. The number of carbonyl (C=O) groups is 1. The van der Waals surface area contributed by atoms with Crippen LogP contribution in [-0.4, -0.2) is 63.3 Å². The number of aromatic hydroxyl groups is 1. The van der Waals surface area contributed by atoms with Crippen LogP contribution in [0.4, 0.5) is 5.69 Å². The summed E-state index contributed by atoms with van der Waals surface area (Å²) in [6, 6.07) is 9.92. The second-order valence-electron chi connectivity index (χ2n) is 6.89. The molecular formula is C19H22BN3O6. The lowest BCUT2D eigenvalue weighted by molar-refractivity contribution is 0.0596. The van der Waals surface area contributed by atoms with Crippen molar-refractivity contribution in [3.63, 3.8) is 0 Å². The largest absolute Gasteiger partial charge is 0.507 e. The number of likely N-dealkylation sites (tertiary alicyclic amines) is 1. The molecule has 3 rings (SSSR count). The minimum atomic E-state index is -1.55. The molecule has 1 aliphatic rings. The van der Waals surface area contributed by atoms with Crippen LogP contribution in [-0.2, 0) is 6.42 Å². The maximum Gasteiger partial charge on any atom is 0.451 e. The van der Waals surface area contributed by atoms with Gasteiger partial charge < -0.3 is 35.6 Å². The minimum Gasteiger partial charge on any atom is -0.507 e. The predicted octanol–water partition coefficient (Wildman–Crippen LogP) is 0.776. The number of rotatable bonds is 7. The molecule has 7 N–H and O–H groups in total. The van der Waals surface area contributed by atoms with Crippen LogP contribution in [0.5, 0.6) is 11.5 Å². The zero-order valence-electron chi connectivity index (χ0n) is 15.6. The summed E-state index contributed by atoms with van der Waals surface area (Å²) in [5.41, 5.74) is 6.93. The minimum absolute atomic E-state index is 0.0301. The molecule has 0 aliphatic carbocycles. The van der Waals surface area contributed by atoms with Crippen molar-refractivity contribution in [2.75, 3.05) is 18.8 Å². The third-order valence-electron chi connectivity index (χ3n) is 4.75. The Morgan fingerprint density at radius 1 is 1.21 bits per heavy atom. The van der Waals surface area contributed by atoms with E-state index in [2.05, 4.69) is 0 Å². The lowest BCUT2D eigenvalue weighted by Crippen LogP contribution is -2.56. The van der Waals surface area contributed by atoms with E-state index in [4.69, 9.17) is 25.9 Å². The van der Waals surface area contributed by atoms with Gasteiger partial charge in [0.2, 0.25) is 0 Å². The summed E-state index contributed by atoms with van der Waals surface area (Å²) in [6.07, 6.45) is -0.246. The number of hydrogen-bond donors (Lipinski definition) is 6. The highest BCUT2D eigenvalue weighted by atomic mass is 16.5. The summed E-state index contributed by atoms with van der Waals surface area (Å²) in [4.78, 5) is 13.4. The molecule has 1 aliphatic heterocycles. The monoisotopic (exact) mass is 399 g/mol. The van der Waals surface area contributed by atoms with Gasteiger partial charge in [0.25, 0.3) is 0 Å². The number of carboxylic acid groups (broad SMARTS) is 1. The van der Waals surface area contributed by atoms with E-state index in [0.29, 0.717) is 30.2 Å². The zero-order valence-corrected chi connectivity index (χ0v) is 15.6. The van der Waals surface area contributed by atoms with Gasteiger partial charge in [-0.15, -0.1) is 0 Å². The van der Waals surface area contributed by atoms with Crippen molar-refractivity contribution in [2.24, 2.45) is 0 Å². The van der Waals surface area contributed by atoms with Crippen molar-refractivity contribution in [3.05, 3.63) is 53.1 Å². The maximum atomic E-state index is 11.6. The van der Waals surface area contributed by atoms with E-state index in [1.165, 1.54) is 12.1 Å². The Kier molecular flexibility index (Phi) is 5.95. The molecule has 2 aromatic rings. The number of phenols is 1. The summed E-state index contributed by atoms with van der Waals surface area (Å²) < 4.78 is 5.74. The van der Waals surface area contributed by atoms with Gasteiger partial charge in [-0.1, -0.05) is 6.07 Å². The Morgan fingerprint density at radius 2 is 1.86 bits per heavy atom. The highest BCUT2D eigenvalue weighted by molar-refractivity contribution is 6.41. The van der Waals surface area contributed by atoms with Gasteiger partial charge in [-0.3, -0.25) is 5.41 Å². The highest BCUT2D eigenvalue weighted by Gasteiger charge is 2.32. The summed E-state index contributed by atoms with van der Waals surface area (Å²) in [6.45, 7) is 0.809. The first-order valence-corrected chi connectivity index (χ1v) is 9.06. The SMILES string of the molecule is N=C(c1ccc(N)cc1)N1CC(Oc2ccc(CCB(O)O)c(O)c2C(=O)O)C1. The first-order chi connectivity index (χ1) is 13.8. The van der Waals surface area contributed by atoms with Crippen molar-refractivity contribution < 1.29 is 29.8 Å². The third-order valence-corrected chi connectivity index (χ3v) is 4.75. The fourth-order valence-corrected chi connectivity index (χ4v) is 3.11. The quantitative estimate of drug-likeness (QED) is 0.172. The maximum absolute atomic E-state index is 11.6. The van der Waals surface area contributed by atoms with E-state index in [0.717, 1.165) is 5.56 Å². The number of benzene rings is 2. The molecule has 9 nitrogen and oxygen atoms in total. The molecule has 0 spiro atoms. The van der Waals surface area contributed by atoms with E-state index >= 15 is 0 Å². The summed E-state index contributed by atoms with van der Waals surface area (Å²) in [5.74, 6) is -1.42. The highest BCUT2D eigenvalue weighted by Crippen LogP contribution is 2.34. The average molecular weight is 399 g/mol. The summed E-state index contributed by atoms with van der Waals surface area (Å²) in [7, 11) is -1.55. The van der Waals surface area contributed by atoms with Gasteiger partial charge in [0.15, 0.2) is 0 Å². The standard InChI is InChI=1S/C19H22BN3O6/c21-13-4-1-12(2-5-13)18(22)23-9-14(10-23)29-15-6-3-11(7-8-20(27)28)17(24)16(15)19(25)26/h1-6,14,22,24,27-28H,7-10,21H2,(H,25,26). The van der Waals surface area contributed by atoms with E-state index < -0.39 is 18.8 Å². The number of amidine groups is 1. The Balaban J connectivity index is 1.66. The fraction of sp³-hybridized carbons (Fsp3) is 0.263. The molecule has 10 heteroatoms. The Hall–Kier alpha value is -3.24. The average Bonchev–Trinajstić information content (AvgIpc) is 2.63. The number of nitrogen functional groups attached to an aromatic ring is 1. The Morgan fingerprint density at radius 3 is 2.45 bits per heavy atom. The molecule has 0 radical (unpaired) electrons. The molecule has 2 aromatic carbocycles. The van der Waals surface area contributed by atoms with Crippen molar-refractivity contribution in [2.45, 2.75) is 18.8 Å². The van der Waals surface area contributed by atoms with Crippen LogP contribution in [0.1, 0.15) is 21.5 Å². The zero-order chi connectivity index (χ0) is 21.1. The number of aromatic carboxylic acids is 1. The van der Waals surface area contributed by atoms with Crippen molar-refractivity contribution in [1.82, 2.24) is 4.90 Å². The topological polar surface area (TPSA) is 160 Å². The number of carboxylic acids is 1. The summed E-state index contributed by atoms with van der Waals surface area (Å²) >= 11 is 0. The molecular weight excluding hydrogens is 377 g/mol. The van der Waals surface area contributed by atoms with Crippen LogP contribution in [0, 0.1) is 5.41 Å². The molecule has 1 saturated heterocycles. The van der Waals surface area contributed by atoms with Crippen LogP contribution >= 0.6 is 0 Å². The van der Waals surface area contributed by atoms with Crippen molar-refractivity contribution >= 4 is 24.6 Å². The van der Waals surface area contributed by atoms with Crippen LogP contribution in [0.3, 0.4) is 0 Å². The molecule has 0 aromatic heterocycles. The van der Waals surface area contributed by atoms with Crippen LogP contribution in [0.25, 0.3) is 0 Å². The van der Waals surface area contributed by atoms with E-state index in [1.807, 2.05) is 0 Å². The smallest absolute Gasteiger partial charge is 0.451 e. The van der Waals surface area contributed by atoms with E-state index in [-0.39, 0.29) is 30.2 Å². The fourth-order valence-electron chi connectivity index (χ4n) is 3.11. The van der Waals surface area contributed by atoms with Gasteiger partial charge in [0.1, 0.15) is 29.0 Å². The number of ether oxygens (including phenoxy) is 1. The van der Waals surface area contributed by atoms with Gasteiger partial charge in [-0.2, -0.15) is 0 Å². The van der Waals surface area contributed by atoms with Gasteiger partial charge in [0, 0.05) is 11.3 Å². The second-order valence-corrected chi connectivity index (χ2v) is 6.89. The predicted molar refractivity (Wildman–Crippen MR) is 107 cm³/mol. The normalized spacial score (nSPS) is 13.7. The number of nitrogens with zero attached hydrogens (tertiary/aromatic N) is 1. The van der Waals surface area contributed by atoms with Gasteiger partial charge in [0.05, 0.1) is 13.1 Å². The molecule has 0 atom stereocenters. The number of anilines is 1. The summed E-state index contributed by atoms with van der Waals surface area (Å²) in [5, 5.41) is 45.9. The number of nitrogens with one attached hydrogen (secondary N) is 1. The van der Waals surface area contributed by atoms with Crippen molar-refractivity contribution in [3.8, 4) is 11.5 Å². The van der Waals surface area contributed by atoms with Crippen LogP contribution in [0.2, 0.25) is 6.32 Å². The first kappa shape index (κ1) is 20.5. The Labute approximate surface area is 167 Å². The number of aryl methyl sites for hydroxylation is 1. The van der Waals surface area contributed by atoms with Gasteiger partial charge in [-0.05, 0) is 48.6 Å². The molecule has 0 unspecified atom stereocenters. The van der Waals surface area contributed by atoms with Gasteiger partial charge >= 0.3 is 13.1 Å². The molecule has 29 heavy (non-hydrogen) atoms. The number of hydrogen-bond acceptors (Lipinski definition) is 7.